The Labute approximate surface area is 241 Å². The van der Waals surface area contributed by atoms with Crippen LogP contribution in [0.25, 0.3) is 33.3 Å². The monoisotopic (exact) mass is 554 g/mol. The molecule has 0 aliphatic heterocycles. The van der Waals surface area contributed by atoms with E-state index in [1.807, 2.05) is 11.5 Å². The topological polar surface area (TPSA) is 115 Å². The number of hydroxylamine groups is 1. The number of nitrogens with one attached hydrogen (secondary N) is 1. The molecule has 2 N–H and O–H groups in total. The Bertz CT molecular complexity index is 1600. The first-order chi connectivity index (χ1) is 17.4. The van der Waals surface area contributed by atoms with Crippen LogP contribution in [0, 0.1) is 17.5 Å². The van der Waals surface area contributed by atoms with Crippen LogP contribution in [-0.4, -0.2) is 78.7 Å². The summed E-state index contributed by atoms with van der Waals surface area (Å²) in [4.78, 5) is 25.2. The normalized spacial score (nSPS) is 10.7. The van der Waals surface area contributed by atoms with Crippen molar-refractivity contribution < 1.29 is 27.9 Å². The Hall–Kier alpha value is -3.13. The van der Waals surface area contributed by atoms with Gasteiger partial charge in [-0.05, 0) is 36.4 Å². The van der Waals surface area contributed by atoms with E-state index in [-0.39, 0.29) is 78.6 Å². The van der Waals surface area contributed by atoms with Crippen LogP contribution in [0.5, 0.6) is 0 Å². The number of nitrogens with zero attached hydrogens (tertiary/aromatic N) is 5. The Kier molecular flexibility index (Phi) is 9.77. The van der Waals surface area contributed by atoms with Gasteiger partial charge in [0.25, 0.3) is 5.91 Å². The van der Waals surface area contributed by atoms with Crippen LogP contribution in [-0.2, 0) is 11.4 Å². The first kappa shape index (κ1) is 29.4. The fourth-order valence-electron chi connectivity index (χ4n) is 3.70. The Morgan fingerprint density at radius 3 is 2.53 bits per heavy atom. The number of pyridine rings is 2. The van der Waals surface area contributed by atoms with Crippen LogP contribution in [0.3, 0.4) is 0 Å². The van der Waals surface area contributed by atoms with Crippen molar-refractivity contribution in [3.8, 4) is 11.3 Å². The second kappa shape index (κ2) is 12.6. The maximum absolute atomic E-state index is 14.7. The zero-order valence-corrected chi connectivity index (χ0v) is 19.7. The van der Waals surface area contributed by atoms with E-state index < -0.39 is 28.9 Å². The molecule has 2 aromatic carbocycles. The number of aliphatic hydroxyl groups is 1. The van der Waals surface area contributed by atoms with Crippen LogP contribution < -0.4 is 5.48 Å². The van der Waals surface area contributed by atoms with E-state index in [4.69, 9.17) is 5.11 Å². The SMILES string of the molecule is Cl.O=C(NOCCO)c1c(F)cc(-c2ccc3nnn(Cc4cc5cccnc5cc4F)c3n2)cc1F.[NaH]. The van der Waals surface area contributed by atoms with Gasteiger partial charge in [0, 0.05) is 28.8 Å². The minimum absolute atomic E-state index is 0. The van der Waals surface area contributed by atoms with Gasteiger partial charge in [-0.15, -0.1) is 17.5 Å². The number of aliphatic hydroxyl groups excluding tert-OH is 1. The predicted molar refractivity (Wildman–Crippen MR) is 136 cm³/mol. The van der Waals surface area contributed by atoms with Crippen LogP contribution >= 0.6 is 12.4 Å². The molecule has 0 unspecified atom stereocenters. The van der Waals surface area contributed by atoms with Crippen molar-refractivity contribution in [2.75, 3.05) is 13.2 Å². The second-order valence-electron chi connectivity index (χ2n) is 7.74. The number of halogens is 4. The van der Waals surface area contributed by atoms with Crippen LogP contribution in [0.15, 0.2) is 54.7 Å². The first-order valence-electron chi connectivity index (χ1n) is 10.7. The zero-order chi connectivity index (χ0) is 25.2. The summed E-state index contributed by atoms with van der Waals surface area (Å²) < 4.78 is 45.3. The molecule has 192 valence electrons. The Morgan fingerprint density at radius 1 is 1.03 bits per heavy atom. The number of carbonyl (C=O) groups is 1. The van der Waals surface area contributed by atoms with E-state index in [9.17, 15) is 18.0 Å². The summed E-state index contributed by atoms with van der Waals surface area (Å²) in [7, 11) is 0. The number of aromatic nitrogens is 5. The van der Waals surface area contributed by atoms with Crippen molar-refractivity contribution in [3.05, 3.63) is 83.3 Å². The summed E-state index contributed by atoms with van der Waals surface area (Å²) in [5.41, 5.74) is 2.81. The van der Waals surface area contributed by atoms with Gasteiger partial charge in [-0.25, -0.2) is 28.3 Å². The fraction of sp³-hybridized carbons (Fsp3) is 0.125. The number of hydrogen-bond acceptors (Lipinski definition) is 7. The van der Waals surface area contributed by atoms with E-state index >= 15 is 0 Å². The quantitative estimate of drug-likeness (QED) is 0.181. The molecule has 5 rings (SSSR count). The average molecular weight is 555 g/mol. The molecule has 0 spiro atoms. The van der Waals surface area contributed by atoms with Gasteiger partial charge in [0.1, 0.15) is 28.5 Å². The molecule has 0 saturated carbocycles. The van der Waals surface area contributed by atoms with Crippen molar-refractivity contribution in [2.45, 2.75) is 6.54 Å². The molecule has 14 heteroatoms. The average Bonchev–Trinajstić information content (AvgIpc) is 3.26. The Morgan fingerprint density at radius 2 is 1.79 bits per heavy atom. The summed E-state index contributed by atoms with van der Waals surface area (Å²) in [6.07, 6.45) is 1.58. The summed E-state index contributed by atoms with van der Waals surface area (Å²) in [5, 5.41) is 17.5. The zero-order valence-electron chi connectivity index (χ0n) is 18.9. The molecule has 9 nitrogen and oxygen atoms in total. The Balaban J connectivity index is 0.00000200. The third-order valence-corrected chi connectivity index (χ3v) is 5.37. The molecular formula is C24H19ClF3N6NaO3. The molecule has 5 aromatic rings. The number of benzene rings is 2. The predicted octanol–water partition coefficient (Wildman–Crippen LogP) is 2.93. The molecule has 0 radical (unpaired) electrons. The second-order valence-corrected chi connectivity index (χ2v) is 7.74. The van der Waals surface area contributed by atoms with Crippen molar-refractivity contribution in [3.63, 3.8) is 0 Å². The van der Waals surface area contributed by atoms with E-state index in [2.05, 4.69) is 25.1 Å². The van der Waals surface area contributed by atoms with Crippen LogP contribution in [0.4, 0.5) is 13.2 Å². The van der Waals surface area contributed by atoms with E-state index in [0.29, 0.717) is 16.6 Å². The minimum atomic E-state index is -1.14. The van der Waals surface area contributed by atoms with Crippen LogP contribution in [0.1, 0.15) is 15.9 Å². The number of fused-ring (bicyclic) bond motifs is 2. The molecule has 38 heavy (non-hydrogen) atoms. The van der Waals surface area contributed by atoms with Gasteiger partial charge in [-0.3, -0.25) is 14.6 Å². The van der Waals surface area contributed by atoms with Gasteiger partial charge in [0.15, 0.2) is 5.65 Å². The molecule has 0 saturated heterocycles. The van der Waals surface area contributed by atoms with Gasteiger partial charge in [-0.2, -0.15) is 0 Å². The number of rotatable bonds is 7. The molecule has 0 atom stereocenters. The molecule has 3 aromatic heterocycles. The summed E-state index contributed by atoms with van der Waals surface area (Å²) in [6, 6.07) is 11.5. The van der Waals surface area contributed by atoms with Gasteiger partial charge in [0.2, 0.25) is 0 Å². The van der Waals surface area contributed by atoms with E-state index in [0.717, 1.165) is 17.5 Å². The van der Waals surface area contributed by atoms with E-state index in [1.54, 1.807) is 24.4 Å². The fourth-order valence-corrected chi connectivity index (χ4v) is 3.70. The molecule has 0 bridgehead atoms. The van der Waals surface area contributed by atoms with Gasteiger partial charge in [0.05, 0.1) is 31.0 Å². The number of amides is 1. The molecular weight excluding hydrogens is 536 g/mol. The molecule has 3 heterocycles. The van der Waals surface area contributed by atoms with Crippen LogP contribution in [0.2, 0.25) is 0 Å². The number of carbonyl (C=O) groups excluding carboxylic acids is 1. The standard InChI is InChI=1S/C24H17F3N6O3.ClH.Na.H/c25-16-11-21-13(2-1-5-28-21)8-15(16)12-33-23-20(30-32-33)4-3-19(29-23)14-9-17(26)22(18(27)10-14)24(35)31-36-7-6-34;;;/h1-5,8-11,34H,6-7,12H2,(H,31,35);1H;;. The van der Waals surface area contributed by atoms with Crippen molar-refractivity contribution in [1.29, 1.82) is 0 Å². The third-order valence-electron chi connectivity index (χ3n) is 5.37. The van der Waals surface area contributed by atoms with Crippen molar-refractivity contribution in [1.82, 2.24) is 30.4 Å². The van der Waals surface area contributed by atoms with Crippen molar-refractivity contribution in [2.24, 2.45) is 0 Å². The van der Waals surface area contributed by atoms with Crippen molar-refractivity contribution >= 4 is 69.9 Å². The summed E-state index contributed by atoms with van der Waals surface area (Å²) in [5.74, 6) is -3.86. The molecule has 0 fully saturated rings. The third kappa shape index (κ3) is 5.96. The number of hydrogen-bond donors (Lipinski definition) is 2. The maximum atomic E-state index is 14.7. The van der Waals surface area contributed by atoms with Gasteiger partial charge in [-0.1, -0.05) is 11.3 Å². The molecule has 1 amide bonds. The van der Waals surface area contributed by atoms with Gasteiger partial charge >= 0.3 is 29.6 Å². The summed E-state index contributed by atoms with van der Waals surface area (Å²) in [6.45, 7) is -0.605. The first-order valence-corrected chi connectivity index (χ1v) is 10.7. The molecule has 0 aliphatic carbocycles. The summed E-state index contributed by atoms with van der Waals surface area (Å²) >= 11 is 0. The van der Waals surface area contributed by atoms with E-state index in [1.165, 1.54) is 16.8 Å². The molecule has 0 aliphatic rings. The van der Waals surface area contributed by atoms with Gasteiger partial charge < -0.3 is 5.11 Å².